The smallest absolute Gasteiger partial charge is 0.332 e. The number of hydrogen-bond donors (Lipinski definition) is 1. The van der Waals surface area contributed by atoms with E-state index in [1.165, 1.54) is 17.2 Å². The molecule has 2 aromatic rings. The van der Waals surface area contributed by atoms with Gasteiger partial charge >= 0.3 is 5.69 Å². The maximum atomic E-state index is 13.0. The number of Topliss-reactive ketones (excluding diaryl/α,β-unsaturated/α-hetero) is 1. The van der Waals surface area contributed by atoms with E-state index < -0.39 is 11.2 Å². The van der Waals surface area contributed by atoms with Crippen LogP contribution in [0, 0.1) is 0 Å². The molecule has 0 bridgehead atoms. The third kappa shape index (κ3) is 4.88. The zero-order valence-corrected chi connectivity index (χ0v) is 17.8. The van der Waals surface area contributed by atoms with Gasteiger partial charge < -0.3 is 5.73 Å². The van der Waals surface area contributed by atoms with Crippen molar-refractivity contribution in [2.75, 3.05) is 38.5 Å². The Labute approximate surface area is 176 Å². The Bertz CT molecular complexity index is 996. The number of nitrogens with zero attached hydrogens (tertiary/aromatic N) is 4. The highest BCUT2D eigenvalue weighted by atomic mass is 16.2. The van der Waals surface area contributed by atoms with E-state index in [2.05, 4.69) is 21.9 Å². The third-order valence-corrected chi connectivity index (χ3v) is 5.61. The lowest BCUT2D eigenvalue weighted by atomic mass is 10.1. The summed E-state index contributed by atoms with van der Waals surface area (Å²) in [4.78, 5) is 42.4. The minimum absolute atomic E-state index is 0.0181. The lowest BCUT2D eigenvalue weighted by molar-refractivity contribution is 0.0930. The van der Waals surface area contributed by atoms with Crippen molar-refractivity contribution in [1.82, 2.24) is 18.9 Å². The fourth-order valence-corrected chi connectivity index (χ4v) is 3.95. The van der Waals surface area contributed by atoms with Gasteiger partial charge in [0.25, 0.3) is 5.56 Å². The van der Waals surface area contributed by atoms with Gasteiger partial charge in [-0.3, -0.25) is 28.5 Å². The fourth-order valence-electron chi connectivity index (χ4n) is 3.95. The predicted molar refractivity (Wildman–Crippen MR) is 118 cm³/mol. The largest absolute Gasteiger partial charge is 0.384 e. The number of nitrogens with two attached hydrogens (primary N) is 1. The van der Waals surface area contributed by atoms with Crippen molar-refractivity contribution >= 4 is 11.6 Å². The molecule has 30 heavy (non-hydrogen) atoms. The van der Waals surface area contributed by atoms with Crippen molar-refractivity contribution in [2.24, 2.45) is 7.05 Å². The molecule has 8 heteroatoms. The zero-order chi connectivity index (χ0) is 21.7. The van der Waals surface area contributed by atoms with Crippen LogP contribution in [0.15, 0.2) is 39.9 Å². The number of aromatic nitrogens is 2. The zero-order valence-electron chi connectivity index (χ0n) is 17.8. The van der Waals surface area contributed by atoms with Gasteiger partial charge in [0.15, 0.2) is 5.78 Å². The first kappa shape index (κ1) is 22.0. The molecule has 0 atom stereocenters. The molecule has 0 amide bonds. The van der Waals surface area contributed by atoms with Crippen molar-refractivity contribution in [3.8, 4) is 0 Å². The van der Waals surface area contributed by atoms with Crippen LogP contribution in [-0.4, -0.2) is 57.4 Å². The SMILES string of the molecule is CCCn1c(N)c(C(=O)CN2CCCN(Cc3ccccc3)CC2)c(=O)n(C)c1=O. The lowest BCUT2D eigenvalue weighted by Crippen LogP contribution is -2.44. The Morgan fingerprint density at radius 3 is 2.40 bits per heavy atom. The summed E-state index contributed by atoms with van der Waals surface area (Å²) in [5.74, 6) is -0.343. The van der Waals surface area contributed by atoms with Gasteiger partial charge in [-0.1, -0.05) is 37.3 Å². The Kier molecular flexibility index (Phi) is 7.23. The van der Waals surface area contributed by atoms with Gasteiger partial charge in [0.1, 0.15) is 11.4 Å². The van der Waals surface area contributed by atoms with Gasteiger partial charge in [0.2, 0.25) is 0 Å². The van der Waals surface area contributed by atoms with E-state index in [0.29, 0.717) is 13.0 Å². The highest BCUT2D eigenvalue weighted by Crippen LogP contribution is 2.11. The molecule has 1 fully saturated rings. The molecule has 0 aliphatic carbocycles. The summed E-state index contributed by atoms with van der Waals surface area (Å²) in [6, 6.07) is 10.3. The predicted octanol–water partition coefficient (Wildman–Crippen LogP) is 0.930. The van der Waals surface area contributed by atoms with Crippen LogP contribution < -0.4 is 17.0 Å². The highest BCUT2D eigenvalue weighted by Gasteiger charge is 2.24. The molecule has 162 valence electrons. The molecular formula is C22H31N5O3. The molecule has 2 N–H and O–H groups in total. The summed E-state index contributed by atoms with van der Waals surface area (Å²) in [5.41, 5.74) is 6.19. The molecule has 3 rings (SSSR count). The van der Waals surface area contributed by atoms with E-state index in [-0.39, 0.29) is 23.7 Å². The molecule has 0 unspecified atom stereocenters. The normalized spacial score (nSPS) is 15.8. The summed E-state index contributed by atoms with van der Waals surface area (Å²) in [7, 11) is 1.39. The summed E-state index contributed by atoms with van der Waals surface area (Å²) in [5, 5.41) is 0. The second-order valence-corrected chi connectivity index (χ2v) is 7.87. The number of benzene rings is 1. The lowest BCUT2D eigenvalue weighted by Gasteiger charge is -2.22. The fraction of sp³-hybridized carbons (Fsp3) is 0.500. The minimum Gasteiger partial charge on any atom is -0.384 e. The van der Waals surface area contributed by atoms with Crippen LogP contribution in [0.4, 0.5) is 5.82 Å². The second kappa shape index (κ2) is 9.86. The first-order chi connectivity index (χ1) is 14.4. The number of nitrogen functional groups attached to an aromatic ring is 1. The number of carbonyl (C=O) groups is 1. The molecule has 8 nitrogen and oxygen atoms in total. The second-order valence-electron chi connectivity index (χ2n) is 7.87. The maximum Gasteiger partial charge on any atom is 0.332 e. The molecule has 0 saturated carbocycles. The molecule has 1 aromatic heterocycles. The van der Waals surface area contributed by atoms with Gasteiger partial charge in [0, 0.05) is 33.2 Å². The number of anilines is 1. The van der Waals surface area contributed by atoms with Crippen molar-refractivity contribution in [1.29, 1.82) is 0 Å². The highest BCUT2D eigenvalue weighted by molar-refractivity contribution is 6.01. The van der Waals surface area contributed by atoms with Gasteiger partial charge in [0.05, 0.1) is 6.54 Å². The van der Waals surface area contributed by atoms with Gasteiger partial charge in [-0.15, -0.1) is 0 Å². The molecular weight excluding hydrogens is 382 g/mol. The van der Waals surface area contributed by atoms with Crippen LogP contribution in [0.1, 0.15) is 35.7 Å². The van der Waals surface area contributed by atoms with Gasteiger partial charge in [-0.05, 0) is 31.5 Å². The molecule has 1 saturated heterocycles. The Balaban J connectivity index is 1.71. The first-order valence-corrected chi connectivity index (χ1v) is 10.5. The number of ketones is 1. The monoisotopic (exact) mass is 413 g/mol. The summed E-state index contributed by atoms with van der Waals surface area (Å²) >= 11 is 0. The molecule has 0 radical (unpaired) electrons. The maximum absolute atomic E-state index is 13.0. The van der Waals surface area contributed by atoms with Gasteiger partial charge in [-0.25, -0.2) is 4.79 Å². The standard InChI is InChI=1S/C22H31N5O3/c1-3-10-27-20(23)19(21(29)24(2)22(27)30)18(28)16-26-12-7-11-25(13-14-26)15-17-8-5-4-6-9-17/h4-6,8-9H,3,7,10-16,23H2,1-2H3. The number of rotatable bonds is 7. The van der Waals surface area contributed by atoms with E-state index in [9.17, 15) is 14.4 Å². The average Bonchev–Trinajstić information content (AvgIpc) is 2.95. The van der Waals surface area contributed by atoms with Crippen LogP contribution in [0.2, 0.25) is 0 Å². The van der Waals surface area contributed by atoms with E-state index >= 15 is 0 Å². The topological polar surface area (TPSA) is 93.6 Å². The van der Waals surface area contributed by atoms with Crippen molar-refractivity contribution in [3.05, 3.63) is 62.3 Å². The van der Waals surface area contributed by atoms with E-state index in [1.54, 1.807) is 0 Å². The summed E-state index contributed by atoms with van der Waals surface area (Å²) in [6.07, 6.45) is 1.63. The molecule has 2 heterocycles. The Morgan fingerprint density at radius 2 is 1.70 bits per heavy atom. The van der Waals surface area contributed by atoms with Crippen LogP contribution in [0.5, 0.6) is 0 Å². The van der Waals surface area contributed by atoms with E-state index in [4.69, 9.17) is 5.73 Å². The van der Waals surface area contributed by atoms with Crippen molar-refractivity contribution in [3.63, 3.8) is 0 Å². The summed E-state index contributed by atoms with van der Waals surface area (Å²) in [6.45, 7) is 6.64. The molecule has 0 spiro atoms. The minimum atomic E-state index is -0.615. The number of carbonyl (C=O) groups excluding carboxylic acids is 1. The summed E-state index contributed by atoms with van der Waals surface area (Å²) < 4.78 is 2.29. The van der Waals surface area contributed by atoms with E-state index in [0.717, 1.165) is 43.7 Å². The Morgan fingerprint density at radius 1 is 1.03 bits per heavy atom. The molecule has 1 aromatic carbocycles. The van der Waals surface area contributed by atoms with Crippen molar-refractivity contribution < 1.29 is 4.79 Å². The van der Waals surface area contributed by atoms with Crippen LogP contribution >= 0.6 is 0 Å². The van der Waals surface area contributed by atoms with Crippen LogP contribution in [0.3, 0.4) is 0 Å². The Hall–Kier alpha value is -2.71. The van der Waals surface area contributed by atoms with Gasteiger partial charge in [-0.2, -0.15) is 0 Å². The number of hydrogen-bond acceptors (Lipinski definition) is 6. The third-order valence-electron chi connectivity index (χ3n) is 5.61. The van der Waals surface area contributed by atoms with E-state index in [1.807, 2.05) is 25.1 Å². The average molecular weight is 414 g/mol. The van der Waals surface area contributed by atoms with Crippen LogP contribution in [-0.2, 0) is 20.1 Å². The van der Waals surface area contributed by atoms with Crippen LogP contribution in [0.25, 0.3) is 0 Å². The molecule has 1 aliphatic heterocycles. The van der Waals surface area contributed by atoms with Crippen molar-refractivity contribution in [2.45, 2.75) is 32.9 Å². The first-order valence-electron chi connectivity index (χ1n) is 10.5. The molecule has 1 aliphatic rings. The quantitative estimate of drug-likeness (QED) is 0.679.